The van der Waals surface area contributed by atoms with E-state index in [-0.39, 0.29) is 5.91 Å². The van der Waals surface area contributed by atoms with Crippen LogP contribution in [0.25, 0.3) is 0 Å². The van der Waals surface area contributed by atoms with E-state index in [1.54, 1.807) is 0 Å². The van der Waals surface area contributed by atoms with E-state index in [0.29, 0.717) is 13.2 Å². The van der Waals surface area contributed by atoms with Crippen LogP contribution in [-0.2, 0) is 9.53 Å². The highest BCUT2D eigenvalue weighted by Crippen LogP contribution is 2.23. The quantitative estimate of drug-likeness (QED) is 0.476. The lowest BCUT2D eigenvalue weighted by molar-refractivity contribution is -0.139. The van der Waals surface area contributed by atoms with Crippen molar-refractivity contribution in [1.82, 2.24) is 4.90 Å². The van der Waals surface area contributed by atoms with Gasteiger partial charge in [-0.2, -0.15) is 0 Å². The second kappa shape index (κ2) is 12.7. The van der Waals surface area contributed by atoms with E-state index in [1.807, 2.05) is 38.1 Å². The molecule has 0 radical (unpaired) electrons. The molecule has 0 bridgehead atoms. The van der Waals surface area contributed by atoms with Crippen molar-refractivity contribution in [2.45, 2.75) is 65.9 Å². The fraction of sp³-hybridized carbons (Fsp3) is 0.682. The molecule has 5 nitrogen and oxygen atoms in total. The number of amides is 1. The number of anilines is 1. The van der Waals surface area contributed by atoms with Gasteiger partial charge < -0.3 is 19.7 Å². The molecule has 0 fully saturated rings. The first kappa shape index (κ1) is 23.4. The summed E-state index contributed by atoms with van der Waals surface area (Å²) in [4.78, 5) is 15.1. The maximum atomic E-state index is 12.7. The zero-order valence-electron chi connectivity index (χ0n) is 17.8. The topological polar surface area (TPSA) is 50.8 Å². The molecule has 0 aliphatic heterocycles. The van der Waals surface area contributed by atoms with Crippen LogP contribution in [0.1, 0.15) is 60.3 Å². The molecule has 1 atom stereocenters. The zero-order valence-corrected chi connectivity index (χ0v) is 17.8. The Labute approximate surface area is 165 Å². The van der Waals surface area contributed by atoms with Crippen LogP contribution in [0.4, 0.5) is 5.69 Å². The van der Waals surface area contributed by atoms with Gasteiger partial charge in [0.1, 0.15) is 18.0 Å². The number of nitrogens with one attached hydrogen (secondary N) is 1. The van der Waals surface area contributed by atoms with E-state index in [4.69, 9.17) is 9.47 Å². The molecule has 5 heteroatoms. The predicted molar refractivity (Wildman–Crippen MR) is 113 cm³/mol. The minimum Gasteiger partial charge on any atom is -0.492 e. The maximum absolute atomic E-state index is 12.7. The first-order valence-corrected chi connectivity index (χ1v) is 10.4. The summed E-state index contributed by atoms with van der Waals surface area (Å²) < 4.78 is 11.6. The minimum atomic E-state index is -0.789. The Morgan fingerprint density at radius 2 is 1.74 bits per heavy atom. The van der Waals surface area contributed by atoms with Gasteiger partial charge in [-0.15, -0.1) is 0 Å². The zero-order chi connectivity index (χ0) is 20.1. The van der Waals surface area contributed by atoms with Crippen LogP contribution < -0.4 is 10.1 Å². The van der Waals surface area contributed by atoms with Gasteiger partial charge in [-0.1, -0.05) is 40.0 Å². The lowest BCUT2D eigenvalue weighted by Crippen LogP contribution is -2.42. The van der Waals surface area contributed by atoms with Crippen molar-refractivity contribution in [1.29, 1.82) is 0 Å². The van der Waals surface area contributed by atoms with Gasteiger partial charge in [0.25, 0.3) is 5.91 Å². The lowest BCUT2D eigenvalue weighted by atomic mass is 9.96. The summed E-state index contributed by atoms with van der Waals surface area (Å²) in [5.41, 5.74) is -0.0272. The molecule has 0 saturated carbocycles. The van der Waals surface area contributed by atoms with E-state index in [1.165, 1.54) is 0 Å². The van der Waals surface area contributed by atoms with Gasteiger partial charge in [0.15, 0.2) is 0 Å². The summed E-state index contributed by atoms with van der Waals surface area (Å²) in [6.07, 6.45) is 3.95. The molecule has 0 aromatic heterocycles. The standard InChI is InChI=1S/C22H38N2O3/c1-6-10-11-16-22(5,27-9-4)21(25)23-19-12-14-20(15-13-19)26-18-17-24(7-2)8-3/h12-15H,6-11,16-18H2,1-5H3,(H,23,25)/t22-/m0/s1. The average Bonchev–Trinajstić information content (AvgIpc) is 2.67. The molecule has 0 aliphatic rings. The number of unbranched alkanes of at least 4 members (excludes halogenated alkanes) is 2. The number of benzene rings is 1. The lowest BCUT2D eigenvalue weighted by Gasteiger charge is -2.28. The monoisotopic (exact) mass is 378 g/mol. The van der Waals surface area contributed by atoms with Gasteiger partial charge in [0.05, 0.1) is 0 Å². The second-order valence-corrected chi connectivity index (χ2v) is 6.97. The number of carbonyl (C=O) groups excluding carboxylic acids is 1. The number of hydrogen-bond acceptors (Lipinski definition) is 4. The highest BCUT2D eigenvalue weighted by molar-refractivity contribution is 5.97. The third-order valence-corrected chi connectivity index (χ3v) is 4.88. The summed E-state index contributed by atoms with van der Waals surface area (Å²) >= 11 is 0. The SMILES string of the molecule is CCCCC[C@](C)(OCC)C(=O)Nc1ccc(OCCN(CC)CC)cc1. The molecule has 0 spiro atoms. The number of ether oxygens (including phenoxy) is 2. The molecule has 0 heterocycles. The largest absolute Gasteiger partial charge is 0.492 e. The van der Waals surface area contributed by atoms with Crippen LogP contribution in [0.5, 0.6) is 5.75 Å². The van der Waals surface area contributed by atoms with Crippen molar-refractivity contribution >= 4 is 11.6 Å². The Balaban J connectivity index is 2.57. The first-order chi connectivity index (χ1) is 13.0. The smallest absolute Gasteiger partial charge is 0.256 e. The average molecular weight is 379 g/mol. The van der Waals surface area contributed by atoms with Crippen molar-refractivity contribution < 1.29 is 14.3 Å². The van der Waals surface area contributed by atoms with Gasteiger partial charge in [-0.25, -0.2) is 0 Å². The van der Waals surface area contributed by atoms with Crippen molar-refractivity contribution in [2.24, 2.45) is 0 Å². The summed E-state index contributed by atoms with van der Waals surface area (Å²) in [6.45, 7) is 14.4. The molecule has 1 aromatic carbocycles. The van der Waals surface area contributed by atoms with Crippen LogP contribution in [0.3, 0.4) is 0 Å². The van der Waals surface area contributed by atoms with E-state index in [9.17, 15) is 4.79 Å². The van der Waals surface area contributed by atoms with Crippen molar-refractivity contribution in [3.63, 3.8) is 0 Å². The Hall–Kier alpha value is -1.59. The molecule has 0 saturated heterocycles. The van der Waals surface area contributed by atoms with Gasteiger partial charge in [0, 0.05) is 18.8 Å². The van der Waals surface area contributed by atoms with E-state index >= 15 is 0 Å². The van der Waals surface area contributed by atoms with Crippen molar-refractivity contribution in [3.05, 3.63) is 24.3 Å². The second-order valence-electron chi connectivity index (χ2n) is 6.97. The Bertz CT molecular complexity index is 529. The van der Waals surface area contributed by atoms with E-state index in [0.717, 1.165) is 56.8 Å². The van der Waals surface area contributed by atoms with E-state index < -0.39 is 5.60 Å². The van der Waals surface area contributed by atoms with Gasteiger partial charge in [-0.05, 0) is 57.6 Å². The van der Waals surface area contributed by atoms with Crippen molar-refractivity contribution in [2.75, 3.05) is 38.2 Å². The maximum Gasteiger partial charge on any atom is 0.256 e. The van der Waals surface area contributed by atoms with Gasteiger partial charge in [-0.3, -0.25) is 4.79 Å². The van der Waals surface area contributed by atoms with Gasteiger partial charge >= 0.3 is 0 Å². The summed E-state index contributed by atoms with van der Waals surface area (Å²) in [5.74, 6) is 0.728. The normalized spacial score (nSPS) is 13.4. The fourth-order valence-electron chi connectivity index (χ4n) is 3.01. The number of hydrogen-bond donors (Lipinski definition) is 1. The summed E-state index contributed by atoms with van der Waals surface area (Å²) in [7, 11) is 0. The molecule has 0 unspecified atom stereocenters. The van der Waals surface area contributed by atoms with Crippen molar-refractivity contribution in [3.8, 4) is 5.75 Å². The molecular weight excluding hydrogens is 340 g/mol. The molecule has 0 aliphatic carbocycles. The van der Waals surface area contributed by atoms with Crippen LogP contribution in [0.2, 0.25) is 0 Å². The third-order valence-electron chi connectivity index (χ3n) is 4.88. The Kier molecular flexibility index (Phi) is 11.1. The van der Waals surface area contributed by atoms with Crippen LogP contribution in [0, 0.1) is 0 Å². The van der Waals surface area contributed by atoms with Crippen LogP contribution >= 0.6 is 0 Å². The summed E-state index contributed by atoms with van der Waals surface area (Å²) in [5, 5.41) is 2.99. The molecule has 1 rings (SSSR count). The molecule has 1 aromatic rings. The first-order valence-electron chi connectivity index (χ1n) is 10.4. The predicted octanol–water partition coefficient (Wildman–Crippen LogP) is 4.72. The minimum absolute atomic E-state index is 0.0874. The fourth-order valence-corrected chi connectivity index (χ4v) is 3.01. The molecule has 154 valence electrons. The van der Waals surface area contributed by atoms with Gasteiger partial charge in [0.2, 0.25) is 0 Å². The highest BCUT2D eigenvalue weighted by Gasteiger charge is 2.33. The van der Waals surface area contributed by atoms with Crippen LogP contribution in [-0.4, -0.2) is 49.3 Å². The summed E-state index contributed by atoms with van der Waals surface area (Å²) in [6, 6.07) is 7.55. The van der Waals surface area contributed by atoms with E-state index in [2.05, 4.69) is 31.0 Å². The third kappa shape index (κ3) is 8.31. The Morgan fingerprint density at radius 3 is 2.30 bits per heavy atom. The Morgan fingerprint density at radius 1 is 1.07 bits per heavy atom. The molecule has 1 amide bonds. The molecule has 1 N–H and O–H groups in total. The number of carbonyl (C=O) groups is 1. The highest BCUT2D eigenvalue weighted by atomic mass is 16.5. The molecule has 27 heavy (non-hydrogen) atoms. The van der Waals surface area contributed by atoms with Crippen LogP contribution in [0.15, 0.2) is 24.3 Å². The number of rotatable bonds is 14. The number of nitrogens with zero attached hydrogens (tertiary/aromatic N) is 1. The molecular formula is C22H38N2O3. The number of likely N-dealkylation sites (N-methyl/N-ethyl adjacent to an activating group) is 1.